The minimum absolute atomic E-state index is 0.0231. The third-order valence-electron chi connectivity index (χ3n) is 6.19. The molecule has 0 aliphatic carbocycles. The summed E-state index contributed by atoms with van der Waals surface area (Å²) < 4.78 is 26.9. The first-order valence-corrected chi connectivity index (χ1v) is 10.2. The Bertz CT molecular complexity index is 1150. The second kappa shape index (κ2) is 7.59. The molecule has 0 radical (unpaired) electrons. The molecule has 1 unspecified atom stereocenters. The van der Waals surface area contributed by atoms with Crippen molar-refractivity contribution in [1.29, 1.82) is 0 Å². The summed E-state index contributed by atoms with van der Waals surface area (Å²) in [6.07, 6.45) is 7.06. The van der Waals surface area contributed by atoms with E-state index in [1.807, 2.05) is 18.5 Å². The van der Waals surface area contributed by atoms with E-state index in [9.17, 15) is 8.78 Å². The van der Waals surface area contributed by atoms with Gasteiger partial charge in [0.25, 0.3) is 0 Å². The van der Waals surface area contributed by atoms with E-state index in [1.54, 1.807) is 12.1 Å². The number of halogens is 2. The molecular weight excluding hydrogens is 370 g/mol. The van der Waals surface area contributed by atoms with E-state index in [0.29, 0.717) is 5.92 Å². The van der Waals surface area contributed by atoms with Crippen molar-refractivity contribution in [1.82, 2.24) is 15.2 Å². The minimum Gasteiger partial charge on any atom is -0.369 e. The van der Waals surface area contributed by atoms with Gasteiger partial charge in [0.1, 0.15) is 17.8 Å². The predicted octanol–water partition coefficient (Wildman–Crippen LogP) is 2.69. The lowest BCUT2D eigenvalue weighted by Gasteiger charge is -2.35. The fourth-order valence-corrected chi connectivity index (χ4v) is 4.49. The maximum Gasteiger partial charge on any atom is 0.125 e. The first-order valence-electron chi connectivity index (χ1n) is 10.2. The van der Waals surface area contributed by atoms with Crippen LogP contribution in [0.1, 0.15) is 18.4 Å². The van der Waals surface area contributed by atoms with Crippen LogP contribution in [0.25, 0.3) is 17.1 Å². The van der Waals surface area contributed by atoms with E-state index in [-0.39, 0.29) is 17.8 Å². The number of nitrogens with one attached hydrogen (secondary N) is 2. The molecule has 2 N–H and O–H groups in total. The van der Waals surface area contributed by atoms with Crippen molar-refractivity contribution in [3.63, 3.8) is 0 Å². The highest BCUT2D eigenvalue weighted by Gasteiger charge is 2.26. The van der Waals surface area contributed by atoms with Crippen LogP contribution in [0.15, 0.2) is 47.6 Å². The first kappa shape index (κ1) is 18.3. The number of hydrogen-bond acceptors (Lipinski definition) is 3. The molecule has 0 saturated carbocycles. The van der Waals surface area contributed by atoms with Crippen LogP contribution in [-0.2, 0) is 6.42 Å². The molecule has 2 aliphatic heterocycles. The highest BCUT2D eigenvalue weighted by molar-refractivity contribution is 5.83. The quantitative estimate of drug-likeness (QED) is 0.715. The maximum atomic E-state index is 13.5. The molecule has 3 aromatic rings. The van der Waals surface area contributed by atoms with Crippen molar-refractivity contribution in [2.24, 2.45) is 10.9 Å². The number of piperidine rings is 1. The van der Waals surface area contributed by atoms with Gasteiger partial charge < -0.3 is 15.2 Å². The Balaban J connectivity index is 1.19. The topological polar surface area (TPSA) is 43.4 Å². The summed E-state index contributed by atoms with van der Waals surface area (Å²) in [5.41, 5.74) is 2.09. The highest BCUT2D eigenvalue weighted by atomic mass is 19.1. The summed E-state index contributed by atoms with van der Waals surface area (Å²) in [5, 5.41) is 6.18. The largest absolute Gasteiger partial charge is 0.369 e. The van der Waals surface area contributed by atoms with Crippen LogP contribution in [0, 0.1) is 17.6 Å². The van der Waals surface area contributed by atoms with Crippen molar-refractivity contribution in [3.05, 3.63) is 70.4 Å². The van der Waals surface area contributed by atoms with E-state index in [1.165, 1.54) is 23.8 Å². The SMILES string of the molecule is Fc1ccc2c(c1)=NC(C1CCN(CCc3c[nH]c4cc(F)ccc34)CC1)NC=2. The molecule has 150 valence electrons. The zero-order chi connectivity index (χ0) is 19.8. The van der Waals surface area contributed by atoms with Crippen LogP contribution < -0.4 is 15.9 Å². The smallest absolute Gasteiger partial charge is 0.125 e. The average molecular weight is 394 g/mol. The molecule has 1 fully saturated rings. The van der Waals surface area contributed by atoms with Gasteiger partial charge in [-0.25, -0.2) is 8.78 Å². The monoisotopic (exact) mass is 394 g/mol. The molecule has 5 rings (SSSR count). The van der Waals surface area contributed by atoms with Gasteiger partial charge in [-0.3, -0.25) is 4.99 Å². The second-order valence-electron chi connectivity index (χ2n) is 8.02. The minimum atomic E-state index is -0.239. The van der Waals surface area contributed by atoms with Gasteiger partial charge in [0.2, 0.25) is 0 Å². The van der Waals surface area contributed by atoms with Gasteiger partial charge in [-0.1, -0.05) is 0 Å². The van der Waals surface area contributed by atoms with Crippen LogP contribution in [0.4, 0.5) is 8.78 Å². The molecule has 4 nitrogen and oxygen atoms in total. The summed E-state index contributed by atoms with van der Waals surface area (Å²) in [6, 6.07) is 9.67. The Labute approximate surface area is 167 Å². The van der Waals surface area contributed by atoms with Crippen molar-refractivity contribution in [2.75, 3.05) is 19.6 Å². The average Bonchev–Trinajstić information content (AvgIpc) is 3.14. The summed E-state index contributed by atoms with van der Waals surface area (Å²) in [7, 11) is 0. The highest BCUT2D eigenvalue weighted by Crippen LogP contribution is 2.24. The number of nitrogens with zero attached hydrogens (tertiary/aromatic N) is 2. The molecule has 2 aromatic carbocycles. The van der Waals surface area contributed by atoms with Crippen LogP contribution in [0.2, 0.25) is 0 Å². The molecule has 2 aliphatic rings. The van der Waals surface area contributed by atoms with Crippen LogP contribution in [-0.4, -0.2) is 35.7 Å². The predicted molar refractivity (Wildman–Crippen MR) is 110 cm³/mol. The molecule has 0 spiro atoms. The molecule has 0 bridgehead atoms. The summed E-state index contributed by atoms with van der Waals surface area (Å²) in [6.45, 7) is 3.06. The number of H-pyrrole nitrogens is 1. The van der Waals surface area contributed by atoms with Gasteiger partial charge in [-0.2, -0.15) is 0 Å². The first-order chi connectivity index (χ1) is 14.2. The lowest BCUT2D eigenvalue weighted by Crippen LogP contribution is -2.46. The number of fused-ring (bicyclic) bond motifs is 2. The number of likely N-dealkylation sites (tertiary alicyclic amines) is 1. The van der Waals surface area contributed by atoms with Gasteiger partial charge in [-0.05, 0) is 74.3 Å². The van der Waals surface area contributed by atoms with Crippen molar-refractivity contribution < 1.29 is 8.78 Å². The van der Waals surface area contributed by atoms with Gasteiger partial charge in [0.05, 0.1) is 5.36 Å². The Morgan fingerprint density at radius 3 is 2.69 bits per heavy atom. The summed E-state index contributed by atoms with van der Waals surface area (Å²) in [5.74, 6) is 0.00341. The van der Waals surface area contributed by atoms with Crippen molar-refractivity contribution >= 4 is 17.1 Å². The molecule has 6 heteroatoms. The molecular formula is C23H24F2N4. The van der Waals surface area contributed by atoms with Gasteiger partial charge >= 0.3 is 0 Å². The molecule has 1 saturated heterocycles. The van der Waals surface area contributed by atoms with E-state index < -0.39 is 0 Å². The maximum absolute atomic E-state index is 13.5. The van der Waals surface area contributed by atoms with Crippen molar-refractivity contribution in [2.45, 2.75) is 25.4 Å². The number of benzene rings is 2. The van der Waals surface area contributed by atoms with Gasteiger partial charge in [-0.15, -0.1) is 0 Å². The van der Waals surface area contributed by atoms with Crippen LogP contribution >= 0.6 is 0 Å². The van der Waals surface area contributed by atoms with E-state index in [0.717, 1.165) is 60.4 Å². The second-order valence-corrected chi connectivity index (χ2v) is 8.02. The number of aromatic amines is 1. The van der Waals surface area contributed by atoms with Gasteiger partial charge in [0, 0.05) is 41.0 Å². The number of hydrogen-bond donors (Lipinski definition) is 2. The Hall–Kier alpha value is -2.73. The number of aromatic nitrogens is 1. The Morgan fingerprint density at radius 2 is 1.83 bits per heavy atom. The van der Waals surface area contributed by atoms with Gasteiger partial charge in [0.15, 0.2) is 0 Å². The molecule has 3 heterocycles. The van der Waals surface area contributed by atoms with E-state index in [4.69, 9.17) is 4.99 Å². The third-order valence-corrected chi connectivity index (χ3v) is 6.19. The number of rotatable bonds is 4. The summed E-state index contributed by atoms with van der Waals surface area (Å²) in [4.78, 5) is 10.4. The zero-order valence-electron chi connectivity index (χ0n) is 16.2. The lowest BCUT2D eigenvalue weighted by atomic mass is 9.93. The fraction of sp³-hybridized carbons (Fsp3) is 0.348. The van der Waals surface area contributed by atoms with E-state index in [2.05, 4.69) is 15.2 Å². The third kappa shape index (κ3) is 3.77. The molecule has 0 amide bonds. The molecule has 29 heavy (non-hydrogen) atoms. The fourth-order valence-electron chi connectivity index (χ4n) is 4.49. The van der Waals surface area contributed by atoms with E-state index >= 15 is 0 Å². The van der Waals surface area contributed by atoms with Crippen LogP contribution in [0.3, 0.4) is 0 Å². The Kier molecular flexibility index (Phi) is 4.79. The lowest BCUT2D eigenvalue weighted by molar-refractivity contribution is 0.165. The zero-order valence-corrected chi connectivity index (χ0v) is 16.2. The van der Waals surface area contributed by atoms with Crippen LogP contribution in [0.5, 0.6) is 0 Å². The molecule has 1 aromatic heterocycles. The Morgan fingerprint density at radius 1 is 1.03 bits per heavy atom. The van der Waals surface area contributed by atoms with Crippen molar-refractivity contribution in [3.8, 4) is 0 Å². The summed E-state index contributed by atoms with van der Waals surface area (Å²) >= 11 is 0. The standard InChI is InChI=1S/C23H24F2N4/c24-18-2-1-17-14-27-23(28-21(17)11-18)15-5-8-29(9-6-15)10-7-16-13-26-22-12-19(25)3-4-20(16)22/h1-4,11-15,23,26-27H,5-10H2. The normalized spacial score (nSPS) is 20.0. The molecule has 1 atom stereocenters.